The predicted molar refractivity (Wildman–Crippen MR) is 86.3 cm³/mol. The van der Waals surface area contributed by atoms with E-state index < -0.39 is 5.60 Å². The van der Waals surface area contributed by atoms with E-state index in [1.54, 1.807) is 12.1 Å². The Balaban J connectivity index is 2.09. The molecule has 0 bridgehead atoms. The van der Waals surface area contributed by atoms with E-state index >= 15 is 0 Å². The van der Waals surface area contributed by atoms with Gasteiger partial charge < -0.3 is 9.64 Å². The highest BCUT2D eigenvalue weighted by Crippen LogP contribution is 2.44. The van der Waals surface area contributed by atoms with Crippen molar-refractivity contribution in [2.45, 2.75) is 18.6 Å². The standard InChI is InChI=1S/C19H19FN2O/c1-22(2)10-9-19(16-4-6-17(20)7-5-16)18-8-3-14(12-21)11-15(18)13-23-19/h3-8,11H,9-10,13H2,1-2H3. The van der Waals surface area contributed by atoms with Crippen LogP contribution in [0, 0.1) is 17.1 Å². The molecule has 0 saturated carbocycles. The summed E-state index contributed by atoms with van der Waals surface area (Å²) in [5.74, 6) is -0.255. The summed E-state index contributed by atoms with van der Waals surface area (Å²) in [6.07, 6.45) is 0.768. The summed E-state index contributed by atoms with van der Waals surface area (Å²) in [4.78, 5) is 2.11. The van der Waals surface area contributed by atoms with Gasteiger partial charge in [0.05, 0.1) is 18.2 Å². The van der Waals surface area contributed by atoms with Crippen LogP contribution in [0.4, 0.5) is 4.39 Å². The van der Waals surface area contributed by atoms with Gasteiger partial charge in [-0.2, -0.15) is 5.26 Å². The third-order valence-electron chi connectivity index (χ3n) is 4.37. The molecule has 0 N–H and O–H groups in total. The Bertz CT molecular complexity index is 749. The molecule has 4 heteroatoms. The van der Waals surface area contributed by atoms with E-state index in [1.807, 2.05) is 32.3 Å². The van der Waals surface area contributed by atoms with Crippen molar-refractivity contribution in [2.75, 3.05) is 20.6 Å². The van der Waals surface area contributed by atoms with Gasteiger partial charge in [0, 0.05) is 6.54 Å². The van der Waals surface area contributed by atoms with Gasteiger partial charge in [0.25, 0.3) is 0 Å². The van der Waals surface area contributed by atoms with Gasteiger partial charge in [-0.15, -0.1) is 0 Å². The number of rotatable bonds is 4. The first kappa shape index (κ1) is 15.7. The molecule has 0 radical (unpaired) electrons. The van der Waals surface area contributed by atoms with Crippen LogP contribution in [0.3, 0.4) is 0 Å². The van der Waals surface area contributed by atoms with Crippen molar-refractivity contribution in [2.24, 2.45) is 0 Å². The Morgan fingerprint density at radius 1 is 1.22 bits per heavy atom. The predicted octanol–water partition coefficient (Wildman–Crippen LogP) is 3.42. The maximum atomic E-state index is 13.3. The third kappa shape index (κ3) is 2.86. The van der Waals surface area contributed by atoms with Gasteiger partial charge in [-0.05, 0) is 61.5 Å². The molecular formula is C19H19FN2O. The van der Waals surface area contributed by atoms with Crippen LogP contribution in [0.1, 0.15) is 28.7 Å². The Morgan fingerprint density at radius 3 is 2.61 bits per heavy atom. The second-order valence-corrected chi connectivity index (χ2v) is 6.16. The quantitative estimate of drug-likeness (QED) is 0.868. The molecule has 1 heterocycles. The van der Waals surface area contributed by atoms with Crippen LogP contribution in [0.25, 0.3) is 0 Å². The highest BCUT2D eigenvalue weighted by molar-refractivity contribution is 5.48. The number of ether oxygens (including phenoxy) is 1. The van der Waals surface area contributed by atoms with Crippen molar-refractivity contribution in [1.29, 1.82) is 5.26 Å². The summed E-state index contributed by atoms with van der Waals surface area (Å²) in [5.41, 5.74) is 3.11. The molecule has 0 amide bonds. The average molecular weight is 310 g/mol. The van der Waals surface area contributed by atoms with Crippen LogP contribution in [-0.2, 0) is 16.9 Å². The van der Waals surface area contributed by atoms with Gasteiger partial charge in [-0.25, -0.2) is 4.39 Å². The van der Waals surface area contributed by atoms with Gasteiger partial charge >= 0.3 is 0 Å². The molecular weight excluding hydrogens is 291 g/mol. The Labute approximate surface area is 135 Å². The lowest BCUT2D eigenvalue weighted by Gasteiger charge is -2.31. The molecule has 0 fully saturated rings. The minimum atomic E-state index is -0.582. The molecule has 3 rings (SSSR count). The molecule has 23 heavy (non-hydrogen) atoms. The molecule has 2 aromatic carbocycles. The maximum Gasteiger partial charge on any atom is 0.123 e. The van der Waals surface area contributed by atoms with Crippen molar-refractivity contribution in [3.05, 3.63) is 70.5 Å². The lowest BCUT2D eigenvalue weighted by atomic mass is 9.82. The zero-order chi connectivity index (χ0) is 16.4. The van der Waals surface area contributed by atoms with Gasteiger partial charge in [-0.1, -0.05) is 18.2 Å². The lowest BCUT2D eigenvalue weighted by Crippen LogP contribution is -2.31. The van der Waals surface area contributed by atoms with Crippen LogP contribution < -0.4 is 0 Å². The summed E-state index contributed by atoms with van der Waals surface area (Å²) in [7, 11) is 4.04. The largest absolute Gasteiger partial charge is 0.361 e. The van der Waals surface area contributed by atoms with Crippen LogP contribution in [-0.4, -0.2) is 25.5 Å². The van der Waals surface area contributed by atoms with E-state index in [0.717, 1.165) is 29.7 Å². The number of fused-ring (bicyclic) bond motifs is 1. The number of benzene rings is 2. The molecule has 3 nitrogen and oxygen atoms in total. The normalized spacial score (nSPS) is 19.6. The zero-order valence-electron chi connectivity index (χ0n) is 13.3. The second-order valence-electron chi connectivity index (χ2n) is 6.16. The monoisotopic (exact) mass is 310 g/mol. The van der Waals surface area contributed by atoms with E-state index in [1.165, 1.54) is 12.1 Å². The van der Waals surface area contributed by atoms with Crippen LogP contribution >= 0.6 is 0 Å². The SMILES string of the molecule is CN(C)CCC1(c2ccc(F)cc2)OCc2cc(C#N)ccc21. The number of halogens is 1. The van der Waals surface area contributed by atoms with E-state index in [2.05, 4.69) is 11.0 Å². The molecule has 0 aliphatic carbocycles. The summed E-state index contributed by atoms with van der Waals surface area (Å²) in [6.45, 7) is 1.31. The van der Waals surface area contributed by atoms with Crippen LogP contribution in [0.5, 0.6) is 0 Å². The summed E-state index contributed by atoms with van der Waals surface area (Å²) in [5, 5.41) is 9.08. The van der Waals surface area contributed by atoms with Crippen LogP contribution in [0.2, 0.25) is 0 Å². The van der Waals surface area contributed by atoms with E-state index in [9.17, 15) is 4.39 Å². The molecule has 1 unspecified atom stereocenters. The summed E-state index contributed by atoms with van der Waals surface area (Å²) in [6, 6.07) is 14.4. The molecule has 1 atom stereocenters. The van der Waals surface area contributed by atoms with Gasteiger partial charge in [0.2, 0.25) is 0 Å². The fraction of sp³-hybridized carbons (Fsp3) is 0.316. The first-order valence-electron chi connectivity index (χ1n) is 7.63. The molecule has 1 aliphatic rings. The Morgan fingerprint density at radius 2 is 1.96 bits per heavy atom. The number of nitriles is 1. The van der Waals surface area contributed by atoms with Gasteiger partial charge in [-0.3, -0.25) is 0 Å². The topological polar surface area (TPSA) is 36.3 Å². The third-order valence-corrected chi connectivity index (χ3v) is 4.37. The van der Waals surface area contributed by atoms with Crippen molar-refractivity contribution >= 4 is 0 Å². The smallest absolute Gasteiger partial charge is 0.123 e. The Hall–Kier alpha value is -2.22. The molecule has 1 aliphatic heterocycles. The van der Waals surface area contributed by atoms with Crippen molar-refractivity contribution in [3.63, 3.8) is 0 Å². The fourth-order valence-electron chi connectivity index (χ4n) is 3.15. The second kappa shape index (κ2) is 6.11. The minimum Gasteiger partial charge on any atom is -0.361 e. The van der Waals surface area contributed by atoms with E-state index in [4.69, 9.17) is 10.00 Å². The number of hydrogen-bond acceptors (Lipinski definition) is 3. The molecule has 0 saturated heterocycles. The molecule has 0 aromatic heterocycles. The number of nitrogens with zero attached hydrogens (tertiary/aromatic N) is 2. The lowest BCUT2D eigenvalue weighted by molar-refractivity contribution is -0.0156. The van der Waals surface area contributed by atoms with Crippen LogP contribution in [0.15, 0.2) is 42.5 Å². The van der Waals surface area contributed by atoms with Crippen molar-refractivity contribution in [3.8, 4) is 6.07 Å². The maximum absolute atomic E-state index is 13.3. The van der Waals surface area contributed by atoms with E-state index in [-0.39, 0.29) is 5.82 Å². The van der Waals surface area contributed by atoms with Gasteiger partial charge in [0.15, 0.2) is 0 Å². The average Bonchev–Trinajstić information content (AvgIpc) is 2.92. The zero-order valence-corrected chi connectivity index (χ0v) is 13.3. The highest BCUT2D eigenvalue weighted by Gasteiger charge is 2.41. The Kier molecular flexibility index (Phi) is 4.16. The van der Waals surface area contributed by atoms with Crippen molar-refractivity contribution < 1.29 is 9.13 Å². The molecule has 118 valence electrons. The molecule has 2 aromatic rings. The van der Waals surface area contributed by atoms with E-state index in [0.29, 0.717) is 12.2 Å². The van der Waals surface area contributed by atoms with Gasteiger partial charge in [0.1, 0.15) is 11.4 Å². The first-order valence-corrected chi connectivity index (χ1v) is 7.63. The van der Waals surface area contributed by atoms with Crippen molar-refractivity contribution in [1.82, 2.24) is 4.90 Å². The minimum absolute atomic E-state index is 0.255. The highest BCUT2D eigenvalue weighted by atomic mass is 19.1. The first-order chi connectivity index (χ1) is 11.0. The fourth-order valence-corrected chi connectivity index (χ4v) is 3.15. The number of hydrogen-bond donors (Lipinski definition) is 0. The summed E-state index contributed by atoms with van der Waals surface area (Å²) < 4.78 is 19.6. The molecule has 0 spiro atoms. The summed E-state index contributed by atoms with van der Waals surface area (Å²) >= 11 is 0.